The van der Waals surface area contributed by atoms with Gasteiger partial charge in [0, 0.05) is 12.5 Å². The van der Waals surface area contributed by atoms with Crippen LogP contribution in [0.2, 0.25) is 0 Å². The van der Waals surface area contributed by atoms with Crippen molar-refractivity contribution in [2.75, 3.05) is 0 Å². The van der Waals surface area contributed by atoms with Crippen LogP contribution in [0.25, 0.3) is 0 Å². The van der Waals surface area contributed by atoms with Gasteiger partial charge in [0.05, 0.1) is 6.54 Å². The summed E-state index contributed by atoms with van der Waals surface area (Å²) in [6.45, 7) is 1.16. The van der Waals surface area contributed by atoms with Gasteiger partial charge < -0.3 is 0 Å². The fourth-order valence-electron chi connectivity index (χ4n) is 1.28. The molecule has 2 heteroatoms. The maximum Gasteiger partial charge on any atom is 0.286 e. The molecular weight excluding hydrogens is 112 g/mol. The van der Waals surface area contributed by atoms with E-state index in [9.17, 15) is 0 Å². The minimum Gasteiger partial charge on any atom is -0.234 e. The summed E-state index contributed by atoms with van der Waals surface area (Å²) >= 11 is 0. The number of aryl methyl sites for hydroxylation is 2. The quantitative estimate of drug-likeness (QED) is 0.451. The Morgan fingerprint density at radius 3 is 3.44 bits per heavy atom. The average Bonchev–Trinajstić information content (AvgIpc) is 2.33. The van der Waals surface area contributed by atoms with Crippen molar-refractivity contribution in [3.63, 3.8) is 0 Å². The number of hydrogen-bond acceptors (Lipinski definition) is 1. The lowest BCUT2D eigenvalue weighted by Gasteiger charge is -1.88. The monoisotopic (exact) mass is 121 g/mol. The molecule has 2 heterocycles. The van der Waals surface area contributed by atoms with Gasteiger partial charge in [-0.3, -0.25) is 0 Å². The molecule has 9 heavy (non-hydrogen) atoms. The van der Waals surface area contributed by atoms with Crippen molar-refractivity contribution in [1.29, 1.82) is 0 Å². The zero-order valence-corrected chi connectivity index (χ0v) is 5.25. The molecule has 1 aliphatic heterocycles. The molecule has 0 fully saturated rings. The fourth-order valence-corrected chi connectivity index (χ4v) is 1.28. The first kappa shape index (κ1) is 4.91. The summed E-state index contributed by atoms with van der Waals surface area (Å²) in [7, 11) is 0. The summed E-state index contributed by atoms with van der Waals surface area (Å²) in [5.41, 5.74) is 1.42. The molecule has 0 spiro atoms. The molecular formula is C7H9N2+. The summed E-state index contributed by atoms with van der Waals surface area (Å²) < 4.78 is 2.21. The molecule has 1 aromatic heterocycles. The molecule has 2 nitrogen and oxygen atoms in total. The molecule has 46 valence electrons. The number of fused-ring (bicyclic) bond motifs is 1. The molecule has 0 radical (unpaired) electrons. The highest BCUT2D eigenvalue weighted by molar-refractivity contribution is 4.92. The largest absolute Gasteiger partial charge is 0.286 e. The van der Waals surface area contributed by atoms with Gasteiger partial charge in [0.25, 0.3) is 6.33 Å². The van der Waals surface area contributed by atoms with E-state index >= 15 is 0 Å². The van der Waals surface area contributed by atoms with Gasteiger partial charge in [0.15, 0.2) is 0 Å². The van der Waals surface area contributed by atoms with Crippen molar-refractivity contribution >= 4 is 0 Å². The van der Waals surface area contributed by atoms with Crippen LogP contribution in [0.3, 0.4) is 0 Å². The Morgan fingerprint density at radius 1 is 1.56 bits per heavy atom. The summed E-state index contributed by atoms with van der Waals surface area (Å²) in [6, 6.07) is 2.09. The van der Waals surface area contributed by atoms with E-state index in [0.29, 0.717) is 0 Å². The van der Waals surface area contributed by atoms with Crippen molar-refractivity contribution in [3.05, 3.63) is 24.3 Å². The van der Waals surface area contributed by atoms with E-state index in [4.69, 9.17) is 0 Å². The van der Waals surface area contributed by atoms with E-state index in [0.717, 1.165) is 6.54 Å². The Labute approximate surface area is 54.2 Å². The summed E-state index contributed by atoms with van der Waals surface area (Å²) in [4.78, 5) is 4.02. The molecule has 1 aromatic rings. The zero-order chi connectivity index (χ0) is 6.10. The Balaban J connectivity index is 2.54. The van der Waals surface area contributed by atoms with E-state index in [-0.39, 0.29) is 0 Å². The second kappa shape index (κ2) is 1.79. The predicted octanol–water partition coefficient (Wildman–Crippen LogP) is 0.315. The molecule has 0 saturated heterocycles. The molecule has 0 amide bonds. The number of aromatic nitrogens is 2. The third kappa shape index (κ3) is 0.707. The van der Waals surface area contributed by atoms with Gasteiger partial charge in [-0.15, -0.1) is 0 Å². The van der Waals surface area contributed by atoms with Crippen LogP contribution in [0.4, 0.5) is 0 Å². The summed E-state index contributed by atoms with van der Waals surface area (Å²) in [6.07, 6.45) is 6.27. The molecule has 0 bridgehead atoms. The Bertz CT molecular complexity index is 197. The Hall–Kier alpha value is -0.920. The number of hydrogen-bond donors (Lipinski definition) is 0. The lowest BCUT2D eigenvalue weighted by atomic mass is 10.3. The molecule has 0 aliphatic carbocycles. The highest BCUT2D eigenvalue weighted by Gasteiger charge is 2.12. The minimum atomic E-state index is 1.16. The summed E-state index contributed by atoms with van der Waals surface area (Å²) in [5.74, 6) is 0. The number of nitrogens with zero attached hydrogens (tertiary/aromatic N) is 2. The highest BCUT2D eigenvalue weighted by Crippen LogP contribution is 2.01. The van der Waals surface area contributed by atoms with Crippen molar-refractivity contribution in [3.8, 4) is 0 Å². The van der Waals surface area contributed by atoms with Gasteiger partial charge in [-0.25, -0.2) is 4.57 Å². The normalized spacial score (nSPS) is 15.6. The Kier molecular flexibility index (Phi) is 0.979. The standard InChI is InChI=1S/C7H9N2/c1-2-7-3-4-8-6-9(7)5-1/h3-4,6H,1-2,5H2/q+1. The second-order valence-electron chi connectivity index (χ2n) is 2.37. The lowest BCUT2D eigenvalue weighted by molar-refractivity contribution is -0.693. The molecule has 0 saturated carbocycles. The van der Waals surface area contributed by atoms with Crippen molar-refractivity contribution in [2.24, 2.45) is 0 Å². The molecule has 0 unspecified atom stereocenters. The zero-order valence-electron chi connectivity index (χ0n) is 5.25. The van der Waals surface area contributed by atoms with E-state index in [1.54, 1.807) is 0 Å². The lowest BCUT2D eigenvalue weighted by Crippen LogP contribution is -2.32. The molecule has 2 rings (SSSR count). The van der Waals surface area contributed by atoms with Gasteiger partial charge in [-0.1, -0.05) is 4.98 Å². The first-order valence-electron chi connectivity index (χ1n) is 3.29. The van der Waals surface area contributed by atoms with Crippen LogP contribution in [-0.4, -0.2) is 4.98 Å². The van der Waals surface area contributed by atoms with Gasteiger partial charge >= 0.3 is 0 Å². The first-order chi connectivity index (χ1) is 4.47. The van der Waals surface area contributed by atoms with E-state index in [1.807, 2.05) is 12.5 Å². The third-order valence-electron chi connectivity index (χ3n) is 1.76. The maximum absolute atomic E-state index is 4.02. The first-order valence-corrected chi connectivity index (χ1v) is 3.29. The third-order valence-corrected chi connectivity index (χ3v) is 1.76. The second-order valence-corrected chi connectivity index (χ2v) is 2.37. The predicted molar refractivity (Wildman–Crippen MR) is 32.8 cm³/mol. The molecule has 0 atom stereocenters. The van der Waals surface area contributed by atoms with Gasteiger partial charge in [0.2, 0.25) is 0 Å². The van der Waals surface area contributed by atoms with Gasteiger partial charge in [-0.05, 0) is 6.42 Å². The van der Waals surface area contributed by atoms with Gasteiger partial charge in [-0.2, -0.15) is 0 Å². The van der Waals surface area contributed by atoms with Crippen LogP contribution >= 0.6 is 0 Å². The van der Waals surface area contributed by atoms with E-state index < -0.39 is 0 Å². The highest BCUT2D eigenvalue weighted by atomic mass is 15.0. The van der Waals surface area contributed by atoms with Crippen LogP contribution in [0.1, 0.15) is 12.1 Å². The van der Waals surface area contributed by atoms with Crippen LogP contribution in [0.15, 0.2) is 18.6 Å². The molecule has 0 N–H and O–H groups in total. The SMILES string of the molecule is c1cc2[n+](cn1)CCC2. The number of rotatable bonds is 0. The topological polar surface area (TPSA) is 16.8 Å². The van der Waals surface area contributed by atoms with E-state index in [1.165, 1.54) is 18.5 Å². The van der Waals surface area contributed by atoms with Crippen LogP contribution < -0.4 is 4.57 Å². The molecule has 1 aliphatic rings. The average molecular weight is 121 g/mol. The van der Waals surface area contributed by atoms with Crippen LogP contribution in [0.5, 0.6) is 0 Å². The van der Waals surface area contributed by atoms with Crippen LogP contribution in [-0.2, 0) is 13.0 Å². The van der Waals surface area contributed by atoms with Crippen molar-refractivity contribution < 1.29 is 4.57 Å². The fraction of sp³-hybridized carbons (Fsp3) is 0.429. The maximum atomic E-state index is 4.02. The van der Waals surface area contributed by atoms with Gasteiger partial charge in [0.1, 0.15) is 11.9 Å². The van der Waals surface area contributed by atoms with E-state index in [2.05, 4.69) is 15.6 Å². The Morgan fingerprint density at radius 2 is 2.56 bits per heavy atom. The molecule has 0 aromatic carbocycles. The minimum absolute atomic E-state index is 1.16. The van der Waals surface area contributed by atoms with Crippen molar-refractivity contribution in [1.82, 2.24) is 4.98 Å². The smallest absolute Gasteiger partial charge is 0.234 e. The van der Waals surface area contributed by atoms with Crippen LogP contribution in [0, 0.1) is 0 Å². The van der Waals surface area contributed by atoms with Crippen molar-refractivity contribution in [2.45, 2.75) is 19.4 Å². The summed E-state index contributed by atoms with van der Waals surface area (Å²) in [5, 5.41) is 0.